The van der Waals surface area contributed by atoms with E-state index in [9.17, 15) is 14.4 Å². The van der Waals surface area contributed by atoms with Crippen LogP contribution in [0.4, 0.5) is 17.1 Å². The Morgan fingerprint density at radius 2 is 1.65 bits per heavy atom. The van der Waals surface area contributed by atoms with Crippen LogP contribution < -0.4 is 15.5 Å². The van der Waals surface area contributed by atoms with E-state index in [1.165, 1.54) is 0 Å². The number of hydrogen-bond donors (Lipinski definition) is 2. The summed E-state index contributed by atoms with van der Waals surface area (Å²) >= 11 is 12.3. The lowest BCUT2D eigenvalue weighted by Crippen LogP contribution is -2.33. The summed E-state index contributed by atoms with van der Waals surface area (Å²) in [6, 6.07) is 19.0. The summed E-state index contributed by atoms with van der Waals surface area (Å²) in [6.07, 6.45) is 0.659. The van der Waals surface area contributed by atoms with Gasteiger partial charge in [-0.2, -0.15) is 0 Å². The second-order valence-corrected chi connectivity index (χ2v) is 8.55. The van der Waals surface area contributed by atoms with Gasteiger partial charge in [-0.25, -0.2) is 4.90 Å². The summed E-state index contributed by atoms with van der Waals surface area (Å²) in [6.45, 7) is 3.82. The number of anilines is 3. The van der Waals surface area contributed by atoms with E-state index in [1.807, 2.05) is 32.0 Å². The Kier molecular flexibility index (Phi) is 6.72. The van der Waals surface area contributed by atoms with Crippen LogP contribution >= 0.6 is 23.2 Å². The average Bonchev–Trinajstić information content (AvgIpc) is 3.04. The normalized spacial score (nSPS) is 13.5. The number of carbonyl (C=O) groups excluding carboxylic acids is 3. The van der Waals surface area contributed by atoms with Crippen molar-refractivity contribution in [3.05, 3.63) is 99.2 Å². The summed E-state index contributed by atoms with van der Waals surface area (Å²) in [5, 5.41) is 6.10. The molecule has 0 saturated heterocycles. The van der Waals surface area contributed by atoms with Crippen LogP contribution in [0.5, 0.6) is 0 Å². The van der Waals surface area contributed by atoms with Gasteiger partial charge in [0.1, 0.15) is 10.7 Å². The highest BCUT2D eigenvalue weighted by atomic mass is 35.5. The van der Waals surface area contributed by atoms with Gasteiger partial charge in [0.2, 0.25) is 0 Å². The molecule has 172 valence electrons. The van der Waals surface area contributed by atoms with Crippen molar-refractivity contribution in [3.63, 3.8) is 0 Å². The molecule has 1 heterocycles. The van der Waals surface area contributed by atoms with Gasteiger partial charge in [0.05, 0.1) is 5.69 Å². The van der Waals surface area contributed by atoms with Crippen molar-refractivity contribution in [1.29, 1.82) is 0 Å². The van der Waals surface area contributed by atoms with Crippen LogP contribution in [0.25, 0.3) is 0 Å². The zero-order chi connectivity index (χ0) is 24.4. The molecule has 1 aliphatic rings. The molecule has 2 N–H and O–H groups in total. The molecule has 34 heavy (non-hydrogen) atoms. The van der Waals surface area contributed by atoms with Crippen molar-refractivity contribution < 1.29 is 14.4 Å². The molecule has 3 aromatic rings. The Hall–Kier alpha value is -3.61. The fourth-order valence-corrected chi connectivity index (χ4v) is 4.02. The Balaban J connectivity index is 1.51. The van der Waals surface area contributed by atoms with E-state index in [4.69, 9.17) is 23.2 Å². The van der Waals surface area contributed by atoms with Gasteiger partial charge >= 0.3 is 0 Å². The molecule has 0 aromatic heterocycles. The zero-order valence-electron chi connectivity index (χ0n) is 18.5. The maximum atomic E-state index is 13.1. The van der Waals surface area contributed by atoms with Crippen LogP contribution in [0.1, 0.15) is 28.4 Å². The lowest BCUT2D eigenvalue weighted by Gasteiger charge is -2.18. The molecule has 0 atom stereocenters. The van der Waals surface area contributed by atoms with E-state index in [0.29, 0.717) is 34.1 Å². The highest BCUT2D eigenvalue weighted by molar-refractivity contribution is 6.53. The quantitative estimate of drug-likeness (QED) is 0.419. The summed E-state index contributed by atoms with van der Waals surface area (Å²) in [4.78, 5) is 39.5. The molecule has 0 aliphatic carbocycles. The number of amides is 3. The van der Waals surface area contributed by atoms with Gasteiger partial charge in [-0.1, -0.05) is 54.4 Å². The highest BCUT2D eigenvalue weighted by Gasteiger charge is 2.39. The smallest absolute Gasteiger partial charge is 0.283 e. The minimum atomic E-state index is -0.581. The fourth-order valence-electron chi connectivity index (χ4n) is 3.63. The molecule has 0 saturated carbocycles. The zero-order valence-corrected chi connectivity index (χ0v) is 20.0. The van der Waals surface area contributed by atoms with Crippen molar-refractivity contribution in [3.8, 4) is 0 Å². The maximum Gasteiger partial charge on any atom is 0.283 e. The third-order valence-corrected chi connectivity index (χ3v) is 6.09. The van der Waals surface area contributed by atoms with Gasteiger partial charge < -0.3 is 10.6 Å². The van der Waals surface area contributed by atoms with Crippen molar-refractivity contribution >= 4 is 58.0 Å². The minimum Gasteiger partial charge on any atom is -0.350 e. The molecule has 0 fully saturated rings. The Morgan fingerprint density at radius 3 is 2.35 bits per heavy atom. The summed E-state index contributed by atoms with van der Waals surface area (Å²) in [5.41, 5.74) is 3.80. The van der Waals surface area contributed by atoms with Gasteiger partial charge in [0, 0.05) is 22.0 Å². The first kappa shape index (κ1) is 23.5. The number of imide groups is 1. The number of carbonyl (C=O) groups is 3. The SMILES string of the molecule is CCc1ccccc1N1C(=O)C(Cl)=C(Nc2ccc(C(=O)Nc3cc(Cl)ccc3C)cc2)C1=O. The second kappa shape index (κ2) is 9.71. The number of benzene rings is 3. The van der Waals surface area contributed by atoms with E-state index in [0.717, 1.165) is 16.0 Å². The molecule has 0 spiro atoms. The monoisotopic (exact) mass is 493 g/mol. The number of hydrogen-bond acceptors (Lipinski definition) is 4. The van der Waals surface area contributed by atoms with Crippen LogP contribution in [-0.2, 0) is 16.0 Å². The number of rotatable bonds is 6. The second-order valence-electron chi connectivity index (χ2n) is 7.73. The van der Waals surface area contributed by atoms with Crippen LogP contribution in [-0.4, -0.2) is 17.7 Å². The summed E-state index contributed by atoms with van der Waals surface area (Å²) < 4.78 is 0. The molecule has 8 heteroatoms. The molecule has 3 amide bonds. The van der Waals surface area contributed by atoms with Gasteiger partial charge in [-0.05, 0) is 66.9 Å². The highest BCUT2D eigenvalue weighted by Crippen LogP contribution is 2.32. The lowest BCUT2D eigenvalue weighted by atomic mass is 10.1. The van der Waals surface area contributed by atoms with Crippen LogP contribution in [0, 0.1) is 6.92 Å². The first-order valence-electron chi connectivity index (χ1n) is 10.6. The third kappa shape index (κ3) is 4.55. The number of halogens is 2. The molecule has 3 aromatic carbocycles. The van der Waals surface area contributed by atoms with E-state index in [2.05, 4.69) is 10.6 Å². The molecule has 6 nitrogen and oxygen atoms in total. The van der Waals surface area contributed by atoms with Crippen molar-refractivity contribution in [2.24, 2.45) is 0 Å². The summed E-state index contributed by atoms with van der Waals surface area (Å²) in [5.74, 6) is -1.42. The molecule has 4 rings (SSSR count). The van der Waals surface area contributed by atoms with Gasteiger partial charge in [0.25, 0.3) is 17.7 Å². The van der Waals surface area contributed by atoms with E-state index in [-0.39, 0.29) is 16.6 Å². The predicted octanol–water partition coefficient (Wildman–Crippen LogP) is 5.90. The Labute approximate surface area is 207 Å². The van der Waals surface area contributed by atoms with Gasteiger partial charge in [0.15, 0.2) is 0 Å². The van der Waals surface area contributed by atoms with E-state index < -0.39 is 11.8 Å². The van der Waals surface area contributed by atoms with Gasteiger partial charge in [-0.3, -0.25) is 14.4 Å². The number of nitrogens with one attached hydrogen (secondary N) is 2. The predicted molar refractivity (Wildman–Crippen MR) is 135 cm³/mol. The van der Waals surface area contributed by atoms with Gasteiger partial charge in [-0.15, -0.1) is 0 Å². The van der Waals surface area contributed by atoms with Crippen molar-refractivity contribution in [2.75, 3.05) is 15.5 Å². The standard InChI is InChI=1S/C26H21Cl2N3O3/c1-3-16-6-4-5-7-21(16)31-25(33)22(28)23(26(31)34)29-19-12-9-17(10-13-19)24(32)30-20-14-18(27)11-8-15(20)2/h4-14,29H,3H2,1-2H3,(H,30,32). The molecule has 1 aliphatic heterocycles. The number of para-hydroxylation sites is 1. The lowest BCUT2D eigenvalue weighted by molar-refractivity contribution is -0.120. The maximum absolute atomic E-state index is 13.1. The average molecular weight is 494 g/mol. The first-order chi connectivity index (χ1) is 16.3. The largest absolute Gasteiger partial charge is 0.350 e. The fraction of sp³-hybridized carbons (Fsp3) is 0.115. The van der Waals surface area contributed by atoms with Crippen molar-refractivity contribution in [2.45, 2.75) is 20.3 Å². The minimum absolute atomic E-state index is 0.00988. The topological polar surface area (TPSA) is 78.5 Å². The Bertz CT molecular complexity index is 1330. The van der Waals surface area contributed by atoms with E-state index >= 15 is 0 Å². The third-order valence-electron chi connectivity index (χ3n) is 5.50. The molecule has 0 bridgehead atoms. The van der Waals surface area contributed by atoms with Crippen molar-refractivity contribution in [1.82, 2.24) is 0 Å². The van der Waals surface area contributed by atoms with E-state index in [1.54, 1.807) is 48.5 Å². The molecular formula is C26H21Cl2N3O3. The molecule has 0 radical (unpaired) electrons. The summed E-state index contributed by atoms with van der Waals surface area (Å²) in [7, 11) is 0. The number of nitrogens with zero attached hydrogens (tertiary/aromatic N) is 1. The van der Waals surface area contributed by atoms with Crippen LogP contribution in [0.2, 0.25) is 5.02 Å². The molecule has 0 unspecified atom stereocenters. The first-order valence-corrected chi connectivity index (χ1v) is 11.4. The van der Waals surface area contributed by atoms with Crippen LogP contribution in [0.3, 0.4) is 0 Å². The molecular weight excluding hydrogens is 473 g/mol. The number of aryl methyl sites for hydroxylation is 2. The van der Waals surface area contributed by atoms with Crippen LogP contribution in [0.15, 0.2) is 77.5 Å². The Morgan fingerprint density at radius 1 is 0.941 bits per heavy atom.